The van der Waals surface area contributed by atoms with Gasteiger partial charge in [-0.15, -0.1) is 0 Å². The van der Waals surface area contributed by atoms with E-state index < -0.39 is 10.0 Å². The Morgan fingerprint density at radius 2 is 1.57 bits per heavy atom. The van der Waals surface area contributed by atoms with Crippen molar-refractivity contribution in [3.8, 4) is 39.6 Å². The van der Waals surface area contributed by atoms with E-state index in [1.54, 1.807) is 25.4 Å². The first-order chi connectivity index (χ1) is 19.5. The highest BCUT2D eigenvalue weighted by molar-refractivity contribution is 7.89. The summed E-state index contributed by atoms with van der Waals surface area (Å²) >= 11 is 0. The zero-order chi connectivity index (χ0) is 28.0. The molecule has 0 amide bonds. The lowest BCUT2D eigenvalue weighted by Gasteiger charge is -2.10. The van der Waals surface area contributed by atoms with Crippen LogP contribution in [0.5, 0.6) is 11.5 Å². The number of para-hydroxylation sites is 1. The number of hydrogen-bond donors (Lipinski definition) is 2. The zero-order valence-electron chi connectivity index (χ0n) is 22.1. The first-order valence-corrected chi connectivity index (χ1v) is 14.1. The first kappa shape index (κ1) is 26.9. The molecule has 9 nitrogen and oxygen atoms in total. The SMILES string of the molecule is COc1ccc(S(=O)(=O)NCCNc2cc(-c3cn(-c4ccccc4)nc3-c3cccc(OC)c3)ccn2)cc1. The molecule has 2 heterocycles. The number of anilines is 1. The van der Waals surface area contributed by atoms with Crippen LogP contribution >= 0.6 is 0 Å². The number of sulfonamides is 1. The number of methoxy groups -OCH3 is 2. The highest BCUT2D eigenvalue weighted by Gasteiger charge is 2.16. The molecule has 204 valence electrons. The predicted octanol–water partition coefficient (Wildman–Crippen LogP) is 5.01. The Kier molecular flexibility index (Phi) is 8.09. The molecule has 0 unspecified atom stereocenters. The Bertz CT molecular complexity index is 1690. The van der Waals surface area contributed by atoms with E-state index in [9.17, 15) is 8.42 Å². The molecular weight excluding hydrogens is 526 g/mol. The van der Waals surface area contributed by atoms with Gasteiger partial charge in [0.1, 0.15) is 23.0 Å². The van der Waals surface area contributed by atoms with Gasteiger partial charge < -0.3 is 14.8 Å². The second kappa shape index (κ2) is 12.0. The Morgan fingerprint density at radius 3 is 2.33 bits per heavy atom. The molecule has 0 aliphatic carbocycles. The van der Waals surface area contributed by atoms with E-state index in [-0.39, 0.29) is 11.4 Å². The van der Waals surface area contributed by atoms with Crippen LogP contribution in [0, 0.1) is 0 Å². The lowest BCUT2D eigenvalue weighted by molar-refractivity contribution is 0.414. The van der Waals surface area contributed by atoms with E-state index in [0.717, 1.165) is 33.8 Å². The summed E-state index contributed by atoms with van der Waals surface area (Å²) in [6.07, 6.45) is 3.71. The molecule has 5 aromatic rings. The quantitative estimate of drug-likeness (QED) is 0.221. The maximum absolute atomic E-state index is 12.6. The maximum atomic E-state index is 12.6. The summed E-state index contributed by atoms with van der Waals surface area (Å²) in [5.74, 6) is 1.95. The molecular formula is C30H29N5O4S. The molecule has 0 saturated carbocycles. The molecule has 0 spiro atoms. The third-order valence-electron chi connectivity index (χ3n) is 6.24. The molecule has 5 rings (SSSR count). The number of pyridine rings is 1. The normalized spacial score (nSPS) is 11.2. The summed E-state index contributed by atoms with van der Waals surface area (Å²) < 4.78 is 40.2. The standard InChI is InChI=1S/C30H29N5O4S/c1-38-25-11-13-27(14-12-25)40(36,37)33-18-17-32-29-20-22(15-16-31-29)28-21-35(24-8-4-3-5-9-24)34-30(28)23-7-6-10-26(19-23)39-2/h3-16,19-21,33H,17-18H2,1-2H3,(H,31,32). The van der Waals surface area contributed by atoms with Crippen molar-refractivity contribution in [3.05, 3.63) is 103 Å². The van der Waals surface area contributed by atoms with Gasteiger partial charge in [-0.1, -0.05) is 30.3 Å². The van der Waals surface area contributed by atoms with Gasteiger partial charge in [-0.25, -0.2) is 22.8 Å². The molecule has 2 N–H and O–H groups in total. The Morgan fingerprint density at radius 1 is 0.800 bits per heavy atom. The molecule has 0 aliphatic rings. The van der Waals surface area contributed by atoms with Gasteiger partial charge >= 0.3 is 0 Å². The van der Waals surface area contributed by atoms with Crippen molar-refractivity contribution in [1.82, 2.24) is 19.5 Å². The van der Waals surface area contributed by atoms with Gasteiger partial charge in [0.25, 0.3) is 0 Å². The number of aromatic nitrogens is 3. The number of ether oxygens (including phenoxy) is 2. The van der Waals surface area contributed by atoms with Gasteiger partial charge in [0.15, 0.2) is 0 Å². The predicted molar refractivity (Wildman–Crippen MR) is 155 cm³/mol. The highest BCUT2D eigenvalue weighted by Crippen LogP contribution is 2.34. The fourth-order valence-electron chi connectivity index (χ4n) is 4.19. The molecule has 0 saturated heterocycles. The molecule has 2 aromatic heterocycles. The van der Waals surface area contributed by atoms with Gasteiger partial charge in [0.2, 0.25) is 10.0 Å². The molecule has 40 heavy (non-hydrogen) atoms. The van der Waals surface area contributed by atoms with Gasteiger partial charge in [0.05, 0.1) is 24.8 Å². The van der Waals surface area contributed by atoms with Crippen LogP contribution in [0.15, 0.2) is 108 Å². The highest BCUT2D eigenvalue weighted by atomic mass is 32.2. The van der Waals surface area contributed by atoms with Crippen LogP contribution in [0.25, 0.3) is 28.1 Å². The van der Waals surface area contributed by atoms with Crippen LogP contribution < -0.4 is 19.5 Å². The van der Waals surface area contributed by atoms with E-state index in [2.05, 4.69) is 15.0 Å². The largest absolute Gasteiger partial charge is 0.497 e. The molecule has 0 bridgehead atoms. The van der Waals surface area contributed by atoms with Crippen molar-refractivity contribution in [2.45, 2.75) is 4.90 Å². The zero-order valence-corrected chi connectivity index (χ0v) is 22.9. The lowest BCUT2D eigenvalue weighted by Crippen LogP contribution is -2.29. The topological polar surface area (TPSA) is 107 Å². The molecule has 10 heteroatoms. The third-order valence-corrected chi connectivity index (χ3v) is 7.72. The van der Waals surface area contributed by atoms with Gasteiger partial charge in [-0.3, -0.25) is 0 Å². The average molecular weight is 556 g/mol. The Labute approximate surface area is 233 Å². The van der Waals surface area contributed by atoms with Crippen LogP contribution in [0.3, 0.4) is 0 Å². The maximum Gasteiger partial charge on any atom is 0.240 e. The first-order valence-electron chi connectivity index (χ1n) is 12.6. The number of hydrogen-bond acceptors (Lipinski definition) is 7. The molecule has 3 aromatic carbocycles. The minimum Gasteiger partial charge on any atom is -0.497 e. The molecule has 0 aliphatic heterocycles. The van der Waals surface area contributed by atoms with Crippen LogP contribution in [-0.4, -0.2) is 50.5 Å². The van der Waals surface area contributed by atoms with Gasteiger partial charge in [-0.2, -0.15) is 5.10 Å². The van der Waals surface area contributed by atoms with Crippen molar-refractivity contribution >= 4 is 15.8 Å². The van der Waals surface area contributed by atoms with Crippen molar-refractivity contribution in [1.29, 1.82) is 0 Å². The summed E-state index contributed by atoms with van der Waals surface area (Å²) in [4.78, 5) is 4.60. The second-order valence-corrected chi connectivity index (χ2v) is 10.6. The monoisotopic (exact) mass is 555 g/mol. The van der Waals surface area contributed by atoms with Crippen LogP contribution in [-0.2, 0) is 10.0 Å². The number of nitrogens with one attached hydrogen (secondary N) is 2. The average Bonchev–Trinajstić information content (AvgIpc) is 3.46. The number of benzene rings is 3. The Balaban J connectivity index is 1.35. The minimum atomic E-state index is -3.64. The fraction of sp³-hybridized carbons (Fsp3) is 0.133. The van der Waals surface area contributed by atoms with E-state index in [1.807, 2.05) is 77.6 Å². The smallest absolute Gasteiger partial charge is 0.240 e. The molecule has 0 atom stereocenters. The van der Waals surface area contributed by atoms with Crippen molar-refractivity contribution < 1.29 is 17.9 Å². The summed E-state index contributed by atoms with van der Waals surface area (Å²) in [7, 11) is -0.471. The molecule has 0 radical (unpaired) electrons. The minimum absolute atomic E-state index is 0.175. The van der Waals surface area contributed by atoms with Gasteiger partial charge in [0, 0.05) is 36.6 Å². The second-order valence-electron chi connectivity index (χ2n) is 8.83. The van der Waals surface area contributed by atoms with Crippen molar-refractivity contribution in [3.63, 3.8) is 0 Å². The Hall–Kier alpha value is -4.67. The van der Waals surface area contributed by atoms with E-state index >= 15 is 0 Å². The lowest BCUT2D eigenvalue weighted by atomic mass is 10.0. The van der Waals surface area contributed by atoms with Crippen LogP contribution in [0.4, 0.5) is 5.82 Å². The summed E-state index contributed by atoms with van der Waals surface area (Å²) in [5.41, 5.74) is 4.49. The fourth-order valence-corrected chi connectivity index (χ4v) is 5.22. The van der Waals surface area contributed by atoms with Crippen molar-refractivity contribution in [2.75, 3.05) is 32.6 Å². The van der Waals surface area contributed by atoms with E-state index in [1.165, 1.54) is 19.2 Å². The van der Waals surface area contributed by atoms with Crippen molar-refractivity contribution in [2.24, 2.45) is 0 Å². The number of rotatable bonds is 11. The van der Waals surface area contributed by atoms with Crippen LogP contribution in [0.1, 0.15) is 0 Å². The summed E-state index contributed by atoms with van der Waals surface area (Å²) in [6.45, 7) is 0.527. The number of nitrogens with zero attached hydrogens (tertiary/aromatic N) is 3. The van der Waals surface area contributed by atoms with E-state index in [4.69, 9.17) is 14.6 Å². The van der Waals surface area contributed by atoms with E-state index in [0.29, 0.717) is 18.1 Å². The van der Waals surface area contributed by atoms with Gasteiger partial charge in [-0.05, 0) is 66.2 Å². The van der Waals surface area contributed by atoms with Crippen LogP contribution in [0.2, 0.25) is 0 Å². The summed E-state index contributed by atoms with van der Waals surface area (Å²) in [6, 6.07) is 27.8. The third kappa shape index (κ3) is 6.14. The molecule has 0 fully saturated rings. The summed E-state index contributed by atoms with van der Waals surface area (Å²) in [5, 5.41) is 8.12.